The fourth-order valence-electron chi connectivity index (χ4n) is 3.00. The van der Waals surface area contributed by atoms with Gasteiger partial charge in [-0.15, -0.1) is 24.0 Å². The highest BCUT2D eigenvalue weighted by Gasteiger charge is 2.26. The summed E-state index contributed by atoms with van der Waals surface area (Å²) in [5, 5.41) is 6.44. The van der Waals surface area contributed by atoms with Crippen molar-refractivity contribution in [2.24, 2.45) is 4.99 Å². The van der Waals surface area contributed by atoms with Crippen molar-refractivity contribution in [3.05, 3.63) is 35.4 Å². The Morgan fingerprint density at radius 1 is 1.25 bits per heavy atom. The lowest BCUT2D eigenvalue weighted by atomic mass is 10.1. The van der Waals surface area contributed by atoms with E-state index >= 15 is 0 Å². The van der Waals surface area contributed by atoms with Gasteiger partial charge in [-0.2, -0.15) is 0 Å². The molecule has 2 rings (SSSR count). The van der Waals surface area contributed by atoms with E-state index in [1.807, 2.05) is 6.92 Å². The summed E-state index contributed by atoms with van der Waals surface area (Å²) < 4.78 is 52.3. The van der Waals surface area contributed by atoms with Gasteiger partial charge in [-0.05, 0) is 56.9 Å². The van der Waals surface area contributed by atoms with Gasteiger partial charge in [0.1, 0.15) is 11.6 Å². The number of hydrogen-bond acceptors (Lipinski definition) is 3. The minimum atomic E-state index is -3.14. The highest BCUT2D eigenvalue weighted by atomic mass is 127. The second-order valence-corrected chi connectivity index (χ2v) is 8.72. The number of piperidine rings is 1. The van der Waals surface area contributed by atoms with Crippen molar-refractivity contribution in [3.63, 3.8) is 0 Å². The minimum absolute atomic E-state index is 0. The van der Waals surface area contributed by atoms with Crippen LogP contribution in [0, 0.1) is 11.6 Å². The molecule has 1 aliphatic rings. The van der Waals surface area contributed by atoms with Crippen molar-refractivity contribution >= 4 is 40.0 Å². The molecule has 160 valence electrons. The minimum Gasteiger partial charge on any atom is -0.357 e. The Hall–Kier alpha value is -1.01. The van der Waals surface area contributed by atoms with Gasteiger partial charge >= 0.3 is 0 Å². The average Bonchev–Trinajstić information content (AvgIpc) is 2.65. The molecule has 0 aliphatic carbocycles. The van der Waals surface area contributed by atoms with Gasteiger partial charge in [-0.3, -0.25) is 4.99 Å². The maximum Gasteiger partial charge on any atom is 0.213 e. The van der Waals surface area contributed by atoms with Gasteiger partial charge in [-0.25, -0.2) is 21.5 Å². The summed E-state index contributed by atoms with van der Waals surface area (Å²) in [7, 11) is -3.14. The van der Waals surface area contributed by atoms with Gasteiger partial charge in [0.2, 0.25) is 10.0 Å². The Kier molecular flexibility index (Phi) is 10.6. The lowest BCUT2D eigenvalue weighted by molar-refractivity contribution is 0.306. The summed E-state index contributed by atoms with van der Waals surface area (Å²) in [6.45, 7) is 5.56. The van der Waals surface area contributed by atoms with Crippen LogP contribution < -0.4 is 10.6 Å². The monoisotopic (exact) mass is 530 g/mol. The highest BCUT2D eigenvalue weighted by Crippen LogP contribution is 2.14. The summed E-state index contributed by atoms with van der Waals surface area (Å²) in [6, 6.07) is 3.53. The predicted octanol–water partition coefficient (Wildman–Crippen LogP) is 2.49. The lowest BCUT2D eigenvalue weighted by Gasteiger charge is -2.32. The molecule has 1 heterocycles. The smallest absolute Gasteiger partial charge is 0.213 e. The zero-order valence-electron chi connectivity index (χ0n) is 16.2. The molecular formula is C18H29F2IN4O2S. The molecule has 0 radical (unpaired) electrons. The molecule has 28 heavy (non-hydrogen) atoms. The van der Waals surface area contributed by atoms with Crippen LogP contribution in [0.3, 0.4) is 0 Å². The van der Waals surface area contributed by atoms with E-state index in [0.29, 0.717) is 57.0 Å². The van der Waals surface area contributed by atoms with Gasteiger partial charge in [0.05, 0.1) is 5.75 Å². The molecule has 0 unspecified atom stereocenters. The van der Waals surface area contributed by atoms with Crippen molar-refractivity contribution in [2.45, 2.75) is 39.2 Å². The van der Waals surface area contributed by atoms with E-state index in [-0.39, 0.29) is 35.8 Å². The number of sulfonamides is 1. The number of halogens is 3. The maximum atomic E-state index is 13.7. The van der Waals surface area contributed by atoms with E-state index < -0.39 is 21.7 Å². The first-order chi connectivity index (χ1) is 12.9. The summed E-state index contributed by atoms with van der Waals surface area (Å²) in [6.07, 6.45) is 1.69. The first-order valence-corrected chi connectivity index (χ1v) is 10.9. The van der Waals surface area contributed by atoms with Gasteiger partial charge in [0.15, 0.2) is 5.96 Å². The molecule has 10 heteroatoms. The zero-order valence-corrected chi connectivity index (χ0v) is 19.4. The number of nitrogens with zero attached hydrogens (tertiary/aromatic N) is 2. The molecule has 0 amide bonds. The first kappa shape index (κ1) is 25.0. The van der Waals surface area contributed by atoms with Crippen molar-refractivity contribution in [2.75, 3.05) is 31.9 Å². The van der Waals surface area contributed by atoms with Crippen molar-refractivity contribution in [1.82, 2.24) is 14.9 Å². The molecule has 1 fully saturated rings. The van der Waals surface area contributed by atoms with Crippen LogP contribution >= 0.6 is 24.0 Å². The molecule has 0 bridgehead atoms. The summed E-state index contributed by atoms with van der Waals surface area (Å²) in [5.41, 5.74) is 0.299. The Bertz CT molecular complexity index is 754. The van der Waals surface area contributed by atoms with E-state index in [1.165, 1.54) is 10.4 Å². The number of rotatable bonds is 7. The third kappa shape index (κ3) is 7.43. The van der Waals surface area contributed by atoms with E-state index in [0.717, 1.165) is 12.1 Å². The molecule has 0 aromatic heterocycles. The molecule has 0 atom stereocenters. The van der Waals surface area contributed by atoms with Crippen molar-refractivity contribution in [1.29, 1.82) is 0 Å². The van der Waals surface area contributed by atoms with Gasteiger partial charge in [-0.1, -0.05) is 0 Å². The maximum absolute atomic E-state index is 13.7. The molecular weight excluding hydrogens is 501 g/mol. The normalized spacial score (nSPS) is 16.5. The second-order valence-electron chi connectivity index (χ2n) is 6.46. The number of aliphatic imine (C=N–C) groups is 1. The summed E-state index contributed by atoms with van der Waals surface area (Å²) in [4.78, 5) is 4.43. The Labute approximate surface area is 183 Å². The van der Waals surface area contributed by atoms with Crippen LogP contribution in [0.2, 0.25) is 0 Å². The summed E-state index contributed by atoms with van der Waals surface area (Å²) >= 11 is 0. The molecule has 2 N–H and O–H groups in total. The third-order valence-electron chi connectivity index (χ3n) is 4.56. The SMILES string of the molecule is CCNC(=NCCc1cc(F)ccc1F)NC1CCN(S(=O)(=O)CC)CC1.I. The third-order valence-corrected chi connectivity index (χ3v) is 6.44. The van der Waals surface area contributed by atoms with Crippen LogP contribution in [0.4, 0.5) is 8.78 Å². The number of benzene rings is 1. The fourth-order valence-corrected chi connectivity index (χ4v) is 4.13. The first-order valence-electron chi connectivity index (χ1n) is 9.32. The van der Waals surface area contributed by atoms with E-state index in [9.17, 15) is 17.2 Å². The quantitative estimate of drug-likeness (QED) is 0.323. The van der Waals surface area contributed by atoms with E-state index in [2.05, 4.69) is 15.6 Å². The van der Waals surface area contributed by atoms with Crippen LogP contribution in [0.1, 0.15) is 32.3 Å². The summed E-state index contributed by atoms with van der Waals surface area (Å²) in [5.74, 6) is -0.180. The number of hydrogen-bond donors (Lipinski definition) is 2. The van der Waals surface area contributed by atoms with E-state index in [4.69, 9.17) is 0 Å². The van der Waals surface area contributed by atoms with Crippen LogP contribution in [-0.2, 0) is 16.4 Å². The lowest BCUT2D eigenvalue weighted by Crippen LogP contribution is -2.50. The molecule has 6 nitrogen and oxygen atoms in total. The predicted molar refractivity (Wildman–Crippen MR) is 119 cm³/mol. The number of nitrogens with one attached hydrogen (secondary N) is 2. The Morgan fingerprint density at radius 2 is 1.93 bits per heavy atom. The van der Waals surface area contributed by atoms with E-state index in [1.54, 1.807) is 6.92 Å². The second kappa shape index (κ2) is 11.9. The van der Waals surface area contributed by atoms with Crippen molar-refractivity contribution < 1.29 is 17.2 Å². The topological polar surface area (TPSA) is 73.8 Å². The zero-order chi connectivity index (χ0) is 19.9. The van der Waals surface area contributed by atoms with Crippen LogP contribution in [0.5, 0.6) is 0 Å². The average molecular weight is 530 g/mol. The Morgan fingerprint density at radius 3 is 2.54 bits per heavy atom. The Balaban J connectivity index is 0.00000392. The molecule has 0 saturated carbocycles. The van der Waals surface area contributed by atoms with Crippen LogP contribution in [0.25, 0.3) is 0 Å². The molecule has 0 spiro atoms. The standard InChI is InChI=1S/C18H28F2N4O2S.HI/c1-3-21-18(22-10-7-14-13-15(19)5-6-17(14)20)23-16-8-11-24(12-9-16)27(25,26)4-2;/h5-6,13,16H,3-4,7-12H2,1-2H3,(H2,21,22,23);1H. The van der Waals surface area contributed by atoms with Crippen LogP contribution in [-0.4, -0.2) is 56.7 Å². The molecule has 1 aromatic rings. The highest BCUT2D eigenvalue weighted by molar-refractivity contribution is 14.0. The van der Waals surface area contributed by atoms with Gasteiger partial charge in [0, 0.05) is 32.2 Å². The largest absolute Gasteiger partial charge is 0.357 e. The van der Waals surface area contributed by atoms with Gasteiger partial charge < -0.3 is 10.6 Å². The molecule has 1 saturated heterocycles. The van der Waals surface area contributed by atoms with Gasteiger partial charge in [0.25, 0.3) is 0 Å². The molecule has 1 aromatic carbocycles. The van der Waals surface area contributed by atoms with Crippen molar-refractivity contribution in [3.8, 4) is 0 Å². The number of guanidine groups is 1. The molecule has 1 aliphatic heterocycles. The van der Waals surface area contributed by atoms with Crippen LogP contribution in [0.15, 0.2) is 23.2 Å². The fraction of sp³-hybridized carbons (Fsp3) is 0.611.